The summed E-state index contributed by atoms with van der Waals surface area (Å²) >= 11 is 0. The highest BCUT2D eigenvalue weighted by molar-refractivity contribution is 7.89. The third-order valence-electron chi connectivity index (χ3n) is 3.06. The summed E-state index contributed by atoms with van der Waals surface area (Å²) in [5.74, 6) is -0.469. The van der Waals surface area contributed by atoms with Crippen LogP contribution in [0.1, 0.15) is 16.7 Å². The van der Waals surface area contributed by atoms with Crippen LogP contribution in [0.25, 0.3) is 0 Å². The molecule has 0 saturated heterocycles. The van der Waals surface area contributed by atoms with Gasteiger partial charge in [-0.3, -0.25) is 4.68 Å². The van der Waals surface area contributed by atoms with Gasteiger partial charge in [0.2, 0.25) is 10.0 Å². The summed E-state index contributed by atoms with van der Waals surface area (Å²) in [6, 6.07) is 2.55. The maximum Gasteiger partial charge on any atom is 0.240 e. The van der Waals surface area contributed by atoms with Crippen molar-refractivity contribution in [2.45, 2.75) is 24.9 Å². The van der Waals surface area contributed by atoms with Crippen molar-refractivity contribution < 1.29 is 12.8 Å². The van der Waals surface area contributed by atoms with Crippen LogP contribution in [0.15, 0.2) is 29.4 Å². The maximum absolute atomic E-state index is 13.7. The van der Waals surface area contributed by atoms with E-state index in [0.29, 0.717) is 0 Å². The standard InChI is InChI=1S/C13H17FN4O2S/c1-9-3-12(4-11(5-15)13(9)14)21(19,20)17-7-10-6-16-18(2)8-10/h3-4,6,8,17H,5,7,15H2,1-2H3. The summed E-state index contributed by atoms with van der Waals surface area (Å²) in [7, 11) is -1.99. The highest BCUT2D eigenvalue weighted by Gasteiger charge is 2.17. The fourth-order valence-corrected chi connectivity index (χ4v) is 3.09. The first-order valence-electron chi connectivity index (χ1n) is 6.30. The number of aryl methyl sites for hydroxylation is 2. The van der Waals surface area contributed by atoms with E-state index in [0.717, 1.165) is 5.56 Å². The van der Waals surface area contributed by atoms with Crippen LogP contribution in [0.2, 0.25) is 0 Å². The van der Waals surface area contributed by atoms with Gasteiger partial charge in [0.15, 0.2) is 0 Å². The Bertz CT molecular complexity index is 756. The van der Waals surface area contributed by atoms with Crippen LogP contribution < -0.4 is 10.5 Å². The molecular weight excluding hydrogens is 295 g/mol. The Labute approximate surface area is 122 Å². The molecular formula is C13H17FN4O2S. The number of hydrogen-bond acceptors (Lipinski definition) is 4. The minimum atomic E-state index is -3.73. The van der Waals surface area contributed by atoms with Crippen molar-refractivity contribution in [1.29, 1.82) is 0 Å². The maximum atomic E-state index is 13.7. The number of hydrogen-bond donors (Lipinski definition) is 2. The zero-order chi connectivity index (χ0) is 15.6. The van der Waals surface area contributed by atoms with E-state index in [1.807, 2.05) is 0 Å². The van der Waals surface area contributed by atoms with Gasteiger partial charge in [-0.15, -0.1) is 0 Å². The van der Waals surface area contributed by atoms with Crippen LogP contribution in [-0.4, -0.2) is 18.2 Å². The summed E-state index contributed by atoms with van der Waals surface area (Å²) in [6.07, 6.45) is 3.29. The Balaban J connectivity index is 2.25. The summed E-state index contributed by atoms with van der Waals surface area (Å²) in [5, 5.41) is 3.96. The molecule has 2 rings (SSSR count). The Morgan fingerprint density at radius 2 is 2.14 bits per heavy atom. The largest absolute Gasteiger partial charge is 0.326 e. The van der Waals surface area contributed by atoms with E-state index in [-0.39, 0.29) is 29.1 Å². The molecule has 0 atom stereocenters. The monoisotopic (exact) mass is 312 g/mol. The molecule has 6 nitrogen and oxygen atoms in total. The SMILES string of the molecule is Cc1cc(S(=O)(=O)NCc2cnn(C)c2)cc(CN)c1F. The van der Waals surface area contributed by atoms with Gasteiger partial charge in [0.05, 0.1) is 11.1 Å². The van der Waals surface area contributed by atoms with Crippen LogP contribution in [-0.2, 0) is 30.2 Å². The zero-order valence-electron chi connectivity index (χ0n) is 11.8. The van der Waals surface area contributed by atoms with Gasteiger partial charge in [-0.05, 0) is 24.6 Å². The van der Waals surface area contributed by atoms with E-state index in [4.69, 9.17) is 5.73 Å². The van der Waals surface area contributed by atoms with E-state index >= 15 is 0 Å². The number of aromatic nitrogens is 2. The third-order valence-corrected chi connectivity index (χ3v) is 4.44. The first kappa shape index (κ1) is 15.6. The van der Waals surface area contributed by atoms with Gasteiger partial charge in [-0.25, -0.2) is 17.5 Å². The molecule has 0 saturated carbocycles. The topological polar surface area (TPSA) is 90.0 Å². The molecule has 0 spiro atoms. The lowest BCUT2D eigenvalue weighted by atomic mass is 10.1. The van der Waals surface area contributed by atoms with Crippen LogP contribution in [0, 0.1) is 12.7 Å². The highest BCUT2D eigenvalue weighted by Crippen LogP contribution is 2.19. The molecule has 3 N–H and O–H groups in total. The van der Waals surface area contributed by atoms with Gasteiger partial charge in [-0.2, -0.15) is 5.10 Å². The molecule has 114 valence electrons. The second kappa shape index (κ2) is 5.92. The molecule has 21 heavy (non-hydrogen) atoms. The smallest absolute Gasteiger partial charge is 0.240 e. The molecule has 1 aromatic carbocycles. The van der Waals surface area contributed by atoms with Gasteiger partial charge in [0.25, 0.3) is 0 Å². The normalized spacial score (nSPS) is 11.8. The molecule has 2 aromatic rings. The second-order valence-corrected chi connectivity index (χ2v) is 6.53. The van der Waals surface area contributed by atoms with E-state index in [1.165, 1.54) is 19.1 Å². The van der Waals surface area contributed by atoms with Gasteiger partial charge in [0.1, 0.15) is 5.82 Å². The van der Waals surface area contributed by atoms with Crippen molar-refractivity contribution in [2.75, 3.05) is 0 Å². The van der Waals surface area contributed by atoms with Crippen LogP contribution in [0.5, 0.6) is 0 Å². The fourth-order valence-electron chi connectivity index (χ4n) is 1.94. The minimum Gasteiger partial charge on any atom is -0.326 e. The van der Waals surface area contributed by atoms with Crippen molar-refractivity contribution in [1.82, 2.24) is 14.5 Å². The van der Waals surface area contributed by atoms with Crippen molar-refractivity contribution >= 4 is 10.0 Å². The lowest BCUT2D eigenvalue weighted by Gasteiger charge is -2.10. The molecule has 0 aliphatic carbocycles. The molecule has 8 heteroatoms. The van der Waals surface area contributed by atoms with Gasteiger partial charge in [-0.1, -0.05) is 0 Å². The lowest BCUT2D eigenvalue weighted by Crippen LogP contribution is -2.23. The van der Waals surface area contributed by atoms with Crippen molar-refractivity contribution in [3.8, 4) is 0 Å². The molecule has 0 aliphatic heterocycles. The number of halogens is 1. The molecule has 0 unspecified atom stereocenters. The highest BCUT2D eigenvalue weighted by atomic mass is 32.2. The molecule has 1 aromatic heterocycles. The summed E-state index contributed by atoms with van der Waals surface area (Å²) in [6.45, 7) is 1.57. The van der Waals surface area contributed by atoms with Crippen LogP contribution in [0.3, 0.4) is 0 Å². The predicted octanol–water partition coefficient (Wildman–Crippen LogP) is 0.805. The van der Waals surface area contributed by atoms with E-state index in [1.54, 1.807) is 24.1 Å². The molecule has 0 fully saturated rings. The lowest BCUT2D eigenvalue weighted by molar-refractivity contribution is 0.577. The Morgan fingerprint density at radius 3 is 2.71 bits per heavy atom. The average Bonchev–Trinajstić information content (AvgIpc) is 2.85. The minimum absolute atomic E-state index is 0.00532. The van der Waals surface area contributed by atoms with Crippen molar-refractivity contribution in [3.05, 3.63) is 47.0 Å². The van der Waals surface area contributed by atoms with Crippen molar-refractivity contribution in [2.24, 2.45) is 12.8 Å². The average molecular weight is 312 g/mol. The number of rotatable bonds is 5. The number of nitrogens with two attached hydrogens (primary N) is 1. The Kier molecular flexibility index (Phi) is 4.40. The molecule has 0 radical (unpaired) electrons. The van der Waals surface area contributed by atoms with Crippen molar-refractivity contribution in [3.63, 3.8) is 0 Å². The summed E-state index contributed by atoms with van der Waals surface area (Å²) in [4.78, 5) is 0.00532. The first-order chi connectivity index (χ1) is 9.83. The van der Waals surface area contributed by atoms with Gasteiger partial charge < -0.3 is 5.73 Å². The van der Waals surface area contributed by atoms with E-state index < -0.39 is 15.8 Å². The zero-order valence-corrected chi connectivity index (χ0v) is 12.6. The third kappa shape index (κ3) is 3.46. The number of nitrogens with zero attached hydrogens (tertiary/aromatic N) is 2. The Hall–Kier alpha value is -1.77. The summed E-state index contributed by atoms with van der Waals surface area (Å²) < 4.78 is 42.2. The first-order valence-corrected chi connectivity index (χ1v) is 7.78. The van der Waals surface area contributed by atoms with Crippen LogP contribution >= 0.6 is 0 Å². The predicted molar refractivity (Wildman–Crippen MR) is 76.3 cm³/mol. The molecule has 0 amide bonds. The molecule has 0 bridgehead atoms. The van der Waals surface area contributed by atoms with E-state index in [9.17, 15) is 12.8 Å². The van der Waals surface area contributed by atoms with Gasteiger partial charge in [0, 0.05) is 37.5 Å². The van der Waals surface area contributed by atoms with Gasteiger partial charge >= 0.3 is 0 Å². The fraction of sp³-hybridized carbons (Fsp3) is 0.308. The summed E-state index contributed by atoms with van der Waals surface area (Å²) in [5.41, 5.74) is 6.60. The molecule has 1 heterocycles. The second-order valence-electron chi connectivity index (χ2n) is 4.76. The quantitative estimate of drug-likeness (QED) is 0.854. The number of sulfonamides is 1. The number of benzene rings is 1. The Morgan fingerprint density at radius 1 is 1.43 bits per heavy atom. The van der Waals surface area contributed by atoms with Crippen LogP contribution in [0.4, 0.5) is 4.39 Å². The molecule has 0 aliphatic rings. The van der Waals surface area contributed by atoms with E-state index in [2.05, 4.69) is 9.82 Å². The number of nitrogens with one attached hydrogen (secondary N) is 1.